The number of ketones is 1. The number of benzene rings is 2. The fourth-order valence-electron chi connectivity index (χ4n) is 4.06. The second-order valence-corrected chi connectivity index (χ2v) is 8.24. The largest absolute Gasteiger partial charge is 0.383 e. The summed E-state index contributed by atoms with van der Waals surface area (Å²) in [5.74, 6) is -2.55. The molecule has 0 saturated heterocycles. The quantitative estimate of drug-likeness (QED) is 0.683. The van der Waals surface area contributed by atoms with Crippen LogP contribution >= 0.6 is 23.2 Å². The number of Topliss-reactive ketones (excluding diaryl/α,β-unsaturated/α-hetero) is 1. The van der Waals surface area contributed by atoms with Gasteiger partial charge >= 0.3 is 0 Å². The minimum Gasteiger partial charge on any atom is -0.383 e. The lowest BCUT2D eigenvalue weighted by atomic mass is 9.76. The van der Waals surface area contributed by atoms with Gasteiger partial charge in [-0.05, 0) is 49.2 Å². The number of rotatable bonds is 3. The normalized spacial score (nSPS) is 18.4. The molecule has 0 radical (unpaired) electrons. The summed E-state index contributed by atoms with van der Waals surface area (Å²) < 4.78 is 14.8. The summed E-state index contributed by atoms with van der Waals surface area (Å²) in [5, 5.41) is 11.7. The van der Waals surface area contributed by atoms with Gasteiger partial charge in [0, 0.05) is 38.9 Å². The predicted octanol–water partition coefficient (Wildman–Crippen LogP) is 4.58. The first-order valence-electron chi connectivity index (χ1n) is 9.80. The van der Waals surface area contributed by atoms with E-state index >= 15 is 0 Å². The topological polar surface area (TPSA) is 99.2 Å². The molecule has 1 amide bonds. The molecule has 0 aromatic heterocycles. The lowest BCUT2D eigenvalue weighted by Gasteiger charge is -2.39. The van der Waals surface area contributed by atoms with Gasteiger partial charge < -0.3 is 5.73 Å². The molecule has 3 N–H and O–H groups in total. The third-order valence-corrected chi connectivity index (χ3v) is 6.10. The van der Waals surface area contributed by atoms with Gasteiger partial charge in [0.1, 0.15) is 11.6 Å². The number of nitriles is 1. The van der Waals surface area contributed by atoms with E-state index in [-0.39, 0.29) is 39.8 Å². The van der Waals surface area contributed by atoms with Crippen LogP contribution in [0.15, 0.2) is 65.1 Å². The zero-order valence-corrected chi connectivity index (χ0v) is 18.2. The summed E-state index contributed by atoms with van der Waals surface area (Å²) in [6, 6.07) is 12.4. The molecule has 4 rings (SSSR count). The molecule has 2 aromatic rings. The Bertz CT molecular complexity index is 1210. The van der Waals surface area contributed by atoms with Crippen LogP contribution in [-0.4, -0.2) is 16.7 Å². The summed E-state index contributed by atoms with van der Waals surface area (Å²) in [6.07, 6.45) is 1.17. The molecule has 1 atom stereocenters. The summed E-state index contributed by atoms with van der Waals surface area (Å²) in [7, 11) is 0. The van der Waals surface area contributed by atoms with Crippen molar-refractivity contribution >= 4 is 34.9 Å². The fourth-order valence-corrected chi connectivity index (χ4v) is 4.45. The molecule has 2 aromatic carbocycles. The van der Waals surface area contributed by atoms with Crippen LogP contribution in [0.25, 0.3) is 0 Å². The van der Waals surface area contributed by atoms with E-state index in [1.807, 2.05) is 6.07 Å². The maximum absolute atomic E-state index is 14.8. The third kappa shape index (κ3) is 3.72. The Morgan fingerprint density at radius 2 is 1.91 bits per heavy atom. The molecule has 162 valence electrons. The number of nitrogens with zero attached hydrogens (tertiary/aromatic N) is 2. The third-order valence-electron chi connectivity index (χ3n) is 5.52. The average Bonchev–Trinajstić information content (AvgIpc) is 2.76. The summed E-state index contributed by atoms with van der Waals surface area (Å²) >= 11 is 12.2. The molecule has 0 bridgehead atoms. The molecular formula is C23H17Cl2FN4O2. The van der Waals surface area contributed by atoms with Crippen LogP contribution in [0.2, 0.25) is 10.0 Å². The second-order valence-electron chi connectivity index (χ2n) is 7.40. The van der Waals surface area contributed by atoms with Gasteiger partial charge in [0.2, 0.25) is 0 Å². The number of hydrogen-bond donors (Lipinski definition) is 2. The molecule has 6 nitrogen and oxygen atoms in total. The molecule has 1 heterocycles. The van der Waals surface area contributed by atoms with Crippen molar-refractivity contribution in [1.29, 1.82) is 5.26 Å². The lowest BCUT2D eigenvalue weighted by Crippen LogP contribution is -2.48. The molecule has 0 saturated carbocycles. The first kappa shape index (κ1) is 21.9. The zero-order valence-electron chi connectivity index (χ0n) is 16.7. The zero-order chi connectivity index (χ0) is 23.0. The fraction of sp³-hybridized carbons (Fsp3) is 0.174. The number of allylic oxidation sites excluding steroid dienone is 3. The Morgan fingerprint density at radius 3 is 2.56 bits per heavy atom. The van der Waals surface area contributed by atoms with Gasteiger partial charge in [-0.3, -0.25) is 15.0 Å². The Hall–Kier alpha value is -3.34. The maximum atomic E-state index is 14.8. The van der Waals surface area contributed by atoms with Crippen molar-refractivity contribution in [1.82, 2.24) is 10.4 Å². The number of hydrazine groups is 1. The van der Waals surface area contributed by atoms with E-state index < -0.39 is 17.6 Å². The molecule has 2 aliphatic rings. The second kappa shape index (κ2) is 8.65. The lowest BCUT2D eigenvalue weighted by molar-refractivity contribution is -0.116. The van der Waals surface area contributed by atoms with E-state index in [1.54, 1.807) is 12.1 Å². The Morgan fingerprint density at radius 1 is 1.19 bits per heavy atom. The molecule has 9 heteroatoms. The van der Waals surface area contributed by atoms with Gasteiger partial charge in [-0.2, -0.15) is 5.26 Å². The number of amides is 1. The monoisotopic (exact) mass is 470 g/mol. The van der Waals surface area contributed by atoms with Crippen molar-refractivity contribution in [2.75, 3.05) is 0 Å². The number of nitrogens with two attached hydrogens (primary N) is 1. The van der Waals surface area contributed by atoms with Crippen LogP contribution in [0.4, 0.5) is 4.39 Å². The van der Waals surface area contributed by atoms with Crippen LogP contribution in [0, 0.1) is 17.1 Å². The van der Waals surface area contributed by atoms with Gasteiger partial charge in [-0.1, -0.05) is 29.3 Å². The van der Waals surface area contributed by atoms with Crippen LogP contribution in [0.3, 0.4) is 0 Å². The van der Waals surface area contributed by atoms with Crippen LogP contribution < -0.4 is 11.2 Å². The molecule has 1 unspecified atom stereocenters. The standard InChI is InChI=1S/C23H17Cl2FN4O2/c24-13-9-7-12(8-10-13)23(32)29-30-17-5-2-6-18(31)21(17)19(14(11-27)22(30)28)20-15(25)3-1-4-16(20)26/h1,3-4,7-10,19H,2,5-6,28H2,(H,29,32). The molecule has 1 aliphatic carbocycles. The first-order chi connectivity index (χ1) is 15.3. The van der Waals surface area contributed by atoms with Crippen molar-refractivity contribution in [3.8, 4) is 6.07 Å². The van der Waals surface area contributed by atoms with E-state index in [0.717, 1.165) is 0 Å². The number of hydrogen-bond acceptors (Lipinski definition) is 5. The summed E-state index contributed by atoms with van der Waals surface area (Å²) in [5.41, 5.74) is 9.86. The van der Waals surface area contributed by atoms with Gasteiger partial charge in [0.05, 0.1) is 17.6 Å². The highest BCUT2D eigenvalue weighted by molar-refractivity contribution is 6.31. The van der Waals surface area contributed by atoms with Gasteiger partial charge in [0.25, 0.3) is 5.91 Å². The minimum absolute atomic E-state index is 0.0140. The molecule has 1 aliphatic heterocycles. The van der Waals surface area contributed by atoms with E-state index in [1.165, 1.54) is 35.3 Å². The highest BCUT2D eigenvalue weighted by Crippen LogP contribution is 2.46. The van der Waals surface area contributed by atoms with Crippen LogP contribution in [0.1, 0.15) is 41.1 Å². The number of nitrogens with one attached hydrogen (secondary N) is 1. The SMILES string of the molecule is N#CC1=C(N)N(NC(=O)c2ccc(Cl)cc2)C2=C(C(=O)CCC2)C1c1c(F)cccc1Cl. The molecule has 32 heavy (non-hydrogen) atoms. The predicted molar refractivity (Wildman–Crippen MR) is 118 cm³/mol. The van der Waals surface area contributed by atoms with E-state index in [2.05, 4.69) is 5.43 Å². The van der Waals surface area contributed by atoms with Crippen LogP contribution in [-0.2, 0) is 4.79 Å². The van der Waals surface area contributed by atoms with Crippen molar-refractivity contribution < 1.29 is 14.0 Å². The first-order valence-corrected chi connectivity index (χ1v) is 10.6. The molecule has 0 fully saturated rings. The summed E-state index contributed by atoms with van der Waals surface area (Å²) in [4.78, 5) is 25.8. The highest BCUT2D eigenvalue weighted by Gasteiger charge is 2.42. The Kier molecular flexibility index (Phi) is 5.92. The van der Waals surface area contributed by atoms with E-state index in [4.69, 9.17) is 28.9 Å². The smallest absolute Gasteiger partial charge is 0.270 e. The highest BCUT2D eigenvalue weighted by atomic mass is 35.5. The summed E-state index contributed by atoms with van der Waals surface area (Å²) in [6.45, 7) is 0. The van der Waals surface area contributed by atoms with Crippen molar-refractivity contribution in [3.63, 3.8) is 0 Å². The van der Waals surface area contributed by atoms with Gasteiger partial charge in [-0.25, -0.2) is 9.40 Å². The minimum atomic E-state index is -1.06. The van der Waals surface area contributed by atoms with E-state index in [9.17, 15) is 19.2 Å². The van der Waals surface area contributed by atoms with Crippen molar-refractivity contribution in [3.05, 3.63) is 92.1 Å². The molecular weight excluding hydrogens is 454 g/mol. The number of carbonyl (C=O) groups excluding carboxylic acids is 2. The maximum Gasteiger partial charge on any atom is 0.270 e. The van der Waals surface area contributed by atoms with Gasteiger partial charge in [-0.15, -0.1) is 0 Å². The Balaban J connectivity index is 1.85. The van der Waals surface area contributed by atoms with E-state index in [0.29, 0.717) is 29.1 Å². The average molecular weight is 471 g/mol. The number of halogens is 3. The number of carbonyl (C=O) groups is 2. The Labute approximate surface area is 193 Å². The van der Waals surface area contributed by atoms with Crippen LogP contribution in [0.5, 0.6) is 0 Å². The van der Waals surface area contributed by atoms with Crippen molar-refractivity contribution in [2.24, 2.45) is 5.73 Å². The van der Waals surface area contributed by atoms with Crippen molar-refractivity contribution in [2.45, 2.75) is 25.2 Å². The van der Waals surface area contributed by atoms with Gasteiger partial charge in [0.15, 0.2) is 5.78 Å². The molecule has 0 spiro atoms.